The number of hydrogen-bond acceptors (Lipinski definition) is 6. The number of amides is 1. The summed E-state index contributed by atoms with van der Waals surface area (Å²) in [6.45, 7) is 1.45. The summed E-state index contributed by atoms with van der Waals surface area (Å²) in [5.41, 5.74) is 0.332. The number of methoxy groups -OCH3 is 1. The van der Waals surface area contributed by atoms with Gasteiger partial charge in [0.1, 0.15) is 5.75 Å². The van der Waals surface area contributed by atoms with Gasteiger partial charge in [0.15, 0.2) is 5.76 Å². The molecule has 1 aromatic carbocycles. The van der Waals surface area contributed by atoms with Crippen LogP contribution < -0.4 is 10.1 Å². The van der Waals surface area contributed by atoms with Crippen LogP contribution in [0.25, 0.3) is 0 Å². The number of carbonyl (C=O) groups excluding carboxylic acids is 2. The molecule has 0 atom stereocenters. The molecular formula is C23H23NO5S. The molecular weight excluding hydrogens is 402 g/mol. The van der Waals surface area contributed by atoms with E-state index in [0.29, 0.717) is 43.2 Å². The van der Waals surface area contributed by atoms with Gasteiger partial charge in [-0.3, -0.25) is 9.59 Å². The highest BCUT2D eigenvalue weighted by Crippen LogP contribution is 2.36. The Hall–Kier alpha value is -2.90. The van der Waals surface area contributed by atoms with Crippen LogP contribution in [0.4, 0.5) is 0 Å². The molecule has 1 amide bonds. The van der Waals surface area contributed by atoms with Crippen molar-refractivity contribution in [2.24, 2.45) is 0 Å². The lowest BCUT2D eigenvalue weighted by Crippen LogP contribution is -2.47. The predicted octanol–water partition coefficient (Wildman–Crippen LogP) is 3.95. The van der Waals surface area contributed by atoms with Crippen molar-refractivity contribution in [1.29, 1.82) is 0 Å². The van der Waals surface area contributed by atoms with E-state index in [1.54, 1.807) is 25.3 Å². The van der Waals surface area contributed by atoms with Gasteiger partial charge < -0.3 is 19.2 Å². The average Bonchev–Trinajstić information content (AvgIpc) is 3.50. The molecule has 1 N–H and O–H groups in total. The Morgan fingerprint density at radius 3 is 2.53 bits per heavy atom. The number of carbonyl (C=O) groups is 2. The minimum atomic E-state index is -0.630. The van der Waals surface area contributed by atoms with Gasteiger partial charge in [-0.2, -0.15) is 0 Å². The standard InChI is InChI=1S/C23H23NO5S/c1-27-17-6-4-16(5-7-17)23(10-13-28-14-11-23)22(26)24-15-18-8-9-20(30-18)21(25)19-3-2-12-29-19/h2-9,12H,10-11,13-15H2,1H3,(H,24,26). The van der Waals surface area contributed by atoms with Crippen molar-refractivity contribution in [2.45, 2.75) is 24.8 Å². The van der Waals surface area contributed by atoms with Crippen molar-refractivity contribution < 1.29 is 23.5 Å². The maximum atomic E-state index is 13.3. The van der Waals surface area contributed by atoms with Crippen LogP contribution in [0.2, 0.25) is 0 Å². The summed E-state index contributed by atoms with van der Waals surface area (Å²) in [6.07, 6.45) is 2.73. The highest BCUT2D eigenvalue weighted by Gasteiger charge is 2.41. The summed E-state index contributed by atoms with van der Waals surface area (Å²) in [5, 5.41) is 3.07. The number of nitrogens with one attached hydrogen (secondary N) is 1. The fourth-order valence-electron chi connectivity index (χ4n) is 3.74. The first-order chi connectivity index (χ1) is 14.6. The molecule has 0 radical (unpaired) electrons. The Morgan fingerprint density at radius 2 is 1.87 bits per heavy atom. The van der Waals surface area contributed by atoms with Gasteiger partial charge in [-0.05, 0) is 54.8 Å². The molecule has 1 saturated heterocycles. The summed E-state index contributed by atoms with van der Waals surface area (Å²) in [7, 11) is 1.62. The molecule has 0 unspecified atom stereocenters. The van der Waals surface area contributed by atoms with E-state index in [1.165, 1.54) is 17.6 Å². The highest BCUT2D eigenvalue weighted by atomic mass is 32.1. The second kappa shape index (κ2) is 8.85. The molecule has 3 aromatic rings. The number of benzene rings is 1. The van der Waals surface area contributed by atoms with Crippen molar-refractivity contribution >= 4 is 23.0 Å². The summed E-state index contributed by atoms with van der Waals surface area (Å²) >= 11 is 1.36. The maximum Gasteiger partial charge on any atom is 0.238 e. The topological polar surface area (TPSA) is 77.8 Å². The normalized spacial score (nSPS) is 15.5. The Balaban J connectivity index is 1.47. The van der Waals surface area contributed by atoms with Gasteiger partial charge in [0.05, 0.1) is 30.2 Å². The van der Waals surface area contributed by atoms with Crippen LogP contribution in [0.15, 0.2) is 59.2 Å². The van der Waals surface area contributed by atoms with Crippen molar-refractivity contribution in [3.05, 3.63) is 75.9 Å². The Labute approximate surface area is 178 Å². The highest BCUT2D eigenvalue weighted by molar-refractivity contribution is 7.14. The predicted molar refractivity (Wildman–Crippen MR) is 113 cm³/mol. The first-order valence-electron chi connectivity index (χ1n) is 9.80. The molecule has 0 saturated carbocycles. The Kier molecular flexibility index (Phi) is 6.01. The third-order valence-corrected chi connectivity index (χ3v) is 6.56. The second-order valence-electron chi connectivity index (χ2n) is 7.18. The monoisotopic (exact) mass is 425 g/mol. The lowest BCUT2D eigenvalue weighted by Gasteiger charge is -2.36. The van der Waals surface area contributed by atoms with Crippen LogP contribution in [0.3, 0.4) is 0 Å². The zero-order chi connectivity index (χ0) is 21.0. The van der Waals surface area contributed by atoms with E-state index in [9.17, 15) is 9.59 Å². The number of furan rings is 1. The molecule has 4 rings (SSSR count). The van der Waals surface area contributed by atoms with Gasteiger partial charge in [-0.15, -0.1) is 11.3 Å². The van der Waals surface area contributed by atoms with Gasteiger partial charge in [-0.25, -0.2) is 0 Å². The second-order valence-corrected chi connectivity index (χ2v) is 8.35. The molecule has 0 bridgehead atoms. The summed E-state index contributed by atoms with van der Waals surface area (Å²) in [4.78, 5) is 27.2. The van der Waals surface area contributed by atoms with Crippen molar-refractivity contribution in [2.75, 3.05) is 20.3 Å². The minimum Gasteiger partial charge on any atom is -0.497 e. The largest absolute Gasteiger partial charge is 0.497 e. The summed E-state index contributed by atoms with van der Waals surface area (Å²) in [5.74, 6) is 0.895. The van der Waals surface area contributed by atoms with Gasteiger partial charge in [0.25, 0.3) is 0 Å². The van der Waals surface area contributed by atoms with Crippen LogP contribution in [-0.2, 0) is 21.5 Å². The average molecular weight is 426 g/mol. The maximum absolute atomic E-state index is 13.3. The van der Waals surface area contributed by atoms with Crippen LogP contribution in [0, 0.1) is 0 Å². The molecule has 1 aliphatic heterocycles. The summed E-state index contributed by atoms with van der Waals surface area (Å²) < 4.78 is 15.9. The van der Waals surface area contributed by atoms with E-state index in [4.69, 9.17) is 13.9 Å². The zero-order valence-corrected chi connectivity index (χ0v) is 17.5. The van der Waals surface area contributed by atoms with Crippen LogP contribution in [0.5, 0.6) is 5.75 Å². The van der Waals surface area contributed by atoms with E-state index < -0.39 is 5.41 Å². The molecule has 30 heavy (non-hydrogen) atoms. The number of ketones is 1. The van der Waals surface area contributed by atoms with Crippen molar-refractivity contribution in [3.8, 4) is 5.75 Å². The fourth-order valence-corrected chi connectivity index (χ4v) is 4.63. The van der Waals surface area contributed by atoms with Crippen LogP contribution in [0.1, 0.15) is 38.7 Å². The van der Waals surface area contributed by atoms with Gasteiger partial charge in [-0.1, -0.05) is 12.1 Å². The molecule has 3 heterocycles. The number of rotatable bonds is 7. The lowest BCUT2D eigenvalue weighted by molar-refractivity contribution is -0.130. The molecule has 7 heteroatoms. The first-order valence-corrected chi connectivity index (χ1v) is 10.6. The van der Waals surface area contributed by atoms with E-state index in [1.807, 2.05) is 30.3 Å². The molecule has 0 spiro atoms. The number of thiophene rings is 1. The van der Waals surface area contributed by atoms with Crippen LogP contribution >= 0.6 is 11.3 Å². The fraction of sp³-hybridized carbons (Fsp3) is 0.304. The zero-order valence-electron chi connectivity index (χ0n) is 16.7. The molecule has 156 valence electrons. The number of hydrogen-bond donors (Lipinski definition) is 1. The minimum absolute atomic E-state index is 0.0247. The van der Waals surface area contributed by atoms with Crippen molar-refractivity contribution in [3.63, 3.8) is 0 Å². The first kappa shape index (κ1) is 20.4. The Bertz CT molecular complexity index is 1000. The molecule has 2 aromatic heterocycles. The SMILES string of the molecule is COc1ccc(C2(C(=O)NCc3ccc(C(=O)c4ccco4)s3)CCOCC2)cc1. The molecule has 1 aliphatic rings. The van der Waals surface area contributed by atoms with Gasteiger partial charge >= 0.3 is 0 Å². The Morgan fingerprint density at radius 1 is 1.10 bits per heavy atom. The quantitative estimate of drug-likeness (QED) is 0.580. The number of ether oxygens (including phenoxy) is 2. The van der Waals surface area contributed by atoms with E-state index in [0.717, 1.165) is 16.2 Å². The van der Waals surface area contributed by atoms with Gasteiger partial charge in [0.2, 0.25) is 11.7 Å². The molecule has 6 nitrogen and oxygen atoms in total. The van der Waals surface area contributed by atoms with E-state index >= 15 is 0 Å². The van der Waals surface area contributed by atoms with E-state index in [-0.39, 0.29) is 11.7 Å². The smallest absolute Gasteiger partial charge is 0.238 e. The third-order valence-electron chi connectivity index (χ3n) is 5.48. The van der Waals surface area contributed by atoms with Crippen LogP contribution in [-0.4, -0.2) is 32.0 Å². The van der Waals surface area contributed by atoms with E-state index in [2.05, 4.69) is 5.32 Å². The van der Waals surface area contributed by atoms with Gasteiger partial charge in [0, 0.05) is 18.1 Å². The molecule has 0 aliphatic carbocycles. The lowest BCUT2D eigenvalue weighted by atomic mass is 9.73. The third kappa shape index (κ3) is 4.04. The summed E-state index contributed by atoms with van der Waals surface area (Å²) in [6, 6.07) is 14.6. The molecule has 1 fully saturated rings. The van der Waals surface area contributed by atoms with Crippen molar-refractivity contribution in [1.82, 2.24) is 5.32 Å².